The highest BCUT2D eigenvalue weighted by Crippen LogP contribution is 2.18. The average molecular weight is 272 g/mol. The molecule has 5 heteroatoms. The van der Waals surface area contributed by atoms with Gasteiger partial charge in [-0.3, -0.25) is 4.79 Å². The molecule has 0 spiro atoms. The molecule has 1 amide bonds. The number of nitrogens with two attached hydrogens (primary N) is 2. The standard InChI is InChI=1S/C12H18ClN3O.CH4/c13-11-8-9(15)4-5-10(11)12(17)16-7-3-1-2-6-14;/h4-5,8H,1-3,6-7,14-15H2,(H,16,17);1H4. The number of hydrogen-bond acceptors (Lipinski definition) is 3. The molecule has 18 heavy (non-hydrogen) atoms. The zero-order chi connectivity index (χ0) is 12.7. The van der Waals surface area contributed by atoms with Crippen molar-refractivity contribution in [3.8, 4) is 0 Å². The van der Waals surface area contributed by atoms with Crippen LogP contribution in [0.15, 0.2) is 18.2 Å². The number of carbonyl (C=O) groups excluding carboxylic acids is 1. The summed E-state index contributed by atoms with van der Waals surface area (Å²) in [5.74, 6) is -0.164. The quantitative estimate of drug-likeness (QED) is 0.549. The summed E-state index contributed by atoms with van der Waals surface area (Å²) in [6.45, 7) is 1.33. The Labute approximate surface area is 114 Å². The van der Waals surface area contributed by atoms with Crippen molar-refractivity contribution < 1.29 is 4.79 Å². The molecule has 102 valence electrons. The predicted molar refractivity (Wildman–Crippen MR) is 77.8 cm³/mol. The van der Waals surface area contributed by atoms with E-state index in [1.165, 1.54) is 0 Å². The minimum atomic E-state index is -0.164. The van der Waals surface area contributed by atoms with Gasteiger partial charge in [-0.2, -0.15) is 0 Å². The first-order valence-corrected chi connectivity index (χ1v) is 6.06. The van der Waals surface area contributed by atoms with Gasteiger partial charge in [0.1, 0.15) is 0 Å². The molecule has 0 aliphatic rings. The van der Waals surface area contributed by atoms with Crippen LogP contribution in [-0.2, 0) is 0 Å². The highest BCUT2D eigenvalue weighted by atomic mass is 35.5. The maximum atomic E-state index is 11.7. The van der Waals surface area contributed by atoms with Crippen LogP contribution in [0.5, 0.6) is 0 Å². The zero-order valence-electron chi connectivity index (χ0n) is 9.71. The Morgan fingerprint density at radius 3 is 2.61 bits per heavy atom. The first kappa shape index (κ1) is 16.7. The van der Waals surface area contributed by atoms with Crippen molar-refractivity contribution in [3.05, 3.63) is 28.8 Å². The third-order valence-corrected chi connectivity index (χ3v) is 2.72. The van der Waals surface area contributed by atoms with E-state index in [1.54, 1.807) is 18.2 Å². The van der Waals surface area contributed by atoms with E-state index in [2.05, 4.69) is 5.32 Å². The predicted octanol–water partition coefficient (Wildman–Crippen LogP) is 2.42. The lowest BCUT2D eigenvalue weighted by Gasteiger charge is -2.07. The van der Waals surface area contributed by atoms with Crippen LogP contribution >= 0.6 is 11.6 Å². The van der Waals surface area contributed by atoms with Crippen molar-refractivity contribution in [2.24, 2.45) is 5.73 Å². The molecule has 0 fully saturated rings. The molecule has 1 aromatic carbocycles. The number of hydrogen-bond donors (Lipinski definition) is 3. The fraction of sp³-hybridized carbons (Fsp3) is 0.462. The summed E-state index contributed by atoms with van der Waals surface area (Å²) < 4.78 is 0. The summed E-state index contributed by atoms with van der Waals surface area (Å²) in [5, 5.41) is 3.19. The van der Waals surface area contributed by atoms with Gasteiger partial charge in [0.05, 0.1) is 10.6 Å². The molecule has 0 bridgehead atoms. The van der Waals surface area contributed by atoms with Gasteiger partial charge < -0.3 is 16.8 Å². The van der Waals surface area contributed by atoms with E-state index < -0.39 is 0 Å². The first-order chi connectivity index (χ1) is 8.15. The van der Waals surface area contributed by atoms with Crippen molar-refractivity contribution in [2.45, 2.75) is 26.7 Å². The molecule has 4 nitrogen and oxygen atoms in total. The summed E-state index contributed by atoms with van der Waals surface area (Å²) in [5.41, 5.74) is 11.9. The summed E-state index contributed by atoms with van der Waals surface area (Å²) in [4.78, 5) is 11.7. The number of anilines is 1. The fourth-order valence-electron chi connectivity index (χ4n) is 1.46. The SMILES string of the molecule is C.NCCCCCNC(=O)c1ccc(N)cc1Cl. The number of amides is 1. The molecule has 0 aromatic heterocycles. The number of rotatable bonds is 6. The largest absolute Gasteiger partial charge is 0.399 e. The van der Waals surface area contributed by atoms with E-state index in [4.69, 9.17) is 23.1 Å². The van der Waals surface area contributed by atoms with Gasteiger partial charge in [0.2, 0.25) is 0 Å². The van der Waals surface area contributed by atoms with Crippen molar-refractivity contribution >= 4 is 23.2 Å². The Morgan fingerprint density at radius 2 is 2.00 bits per heavy atom. The highest BCUT2D eigenvalue weighted by Gasteiger charge is 2.09. The van der Waals surface area contributed by atoms with Crippen molar-refractivity contribution in [2.75, 3.05) is 18.8 Å². The second kappa shape index (κ2) is 8.78. The van der Waals surface area contributed by atoms with E-state index in [0.717, 1.165) is 19.3 Å². The smallest absolute Gasteiger partial charge is 0.252 e. The minimum Gasteiger partial charge on any atom is -0.399 e. The fourth-order valence-corrected chi connectivity index (χ4v) is 1.73. The van der Waals surface area contributed by atoms with Crippen LogP contribution in [-0.4, -0.2) is 19.0 Å². The van der Waals surface area contributed by atoms with E-state index in [9.17, 15) is 4.79 Å². The Morgan fingerprint density at radius 1 is 1.28 bits per heavy atom. The van der Waals surface area contributed by atoms with Gasteiger partial charge in [0.25, 0.3) is 5.91 Å². The van der Waals surface area contributed by atoms with Gasteiger partial charge in [-0.05, 0) is 37.6 Å². The van der Waals surface area contributed by atoms with E-state index in [1.807, 2.05) is 0 Å². The molecule has 0 saturated carbocycles. The maximum absolute atomic E-state index is 11.7. The van der Waals surface area contributed by atoms with Crippen LogP contribution in [0.2, 0.25) is 5.02 Å². The molecule has 1 rings (SSSR count). The number of nitrogens with one attached hydrogen (secondary N) is 1. The molecule has 0 heterocycles. The summed E-state index contributed by atoms with van der Waals surface area (Å²) in [6, 6.07) is 4.87. The monoisotopic (exact) mass is 271 g/mol. The molecule has 0 radical (unpaired) electrons. The molecule has 0 aliphatic carbocycles. The molecule has 0 saturated heterocycles. The van der Waals surface area contributed by atoms with Gasteiger partial charge >= 0.3 is 0 Å². The van der Waals surface area contributed by atoms with Crippen LogP contribution in [0.3, 0.4) is 0 Å². The minimum absolute atomic E-state index is 0. The average Bonchev–Trinajstić information content (AvgIpc) is 2.28. The van der Waals surface area contributed by atoms with Gasteiger partial charge in [-0.15, -0.1) is 0 Å². The summed E-state index contributed by atoms with van der Waals surface area (Å²) >= 11 is 5.93. The lowest BCUT2D eigenvalue weighted by Crippen LogP contribution is -2.24. The number of benzene rings is 1. The van der Waals surface area contributed by atoms with Crippen LogP contribution in [0, 0.1) is 0 Å². The molecule has 0 atom stereocenters. The Kier molecular flexibility index (Phi) is 8.16. The van der Waals surface area contributed by atoms with Gasteiger partial charge in [0.15, 0.2) is 0 Å². The molecule has 5 N–H and O–H groups in total. The van der Waals surface area contributed by atoms with Gasteiger partial charge in [-0.1, -0.05) is 25.4 Å². The summed E-state index contributed by atoms with van der Waals surface area (Å²) in [6.07, 6.45) is 2.93. The molecule has 0 unspecified atom stereocenters. The Balaban J connectivity index is 0.00000289. The third kappa shape index (κ3) is 5.38. The summed E-state index contributed by atoms with van der Waals surface area (Å²) in [7, 11) is 0. The lowest BCUT2D eigenvalue weighted by molar-refractivity contribution is 0.0953. The first-order valence-electron chi connectivity index (χ1n) is 5.68. The highest BCUT2D eigenvalue weighted by molar-refractivity contribution is 6.34. The Hall–Kier alpha value is -1.26. The molecular formula is C13H22ClN3O. The second-order valence-electron chi connectivity index (χ2n) is 3.84. The third-order valence-electron chi connectivity index (χ3n) is 2.40. The van der Waals surface area contributed by atoms with E-state index in [-0.39, 0.29) is 13.3 Å². The van der Waals surface area contributed by atoms with Gasteiger partial charge in [-0.25, -0.2) is 0 Å². The van der Waals surface area contributed by atoms with Crippen LogP contribution in [0.25, 0.3) is 0 Å². The normalized spacial score (nSPS) is 9.67. The number of unbranched alkanes of at least 4 members (excludes halogenated alkanes) is 2. The van der Waals surface area contributed by atoms with Crippen molar-refractivity contribution in [1.82, 2.24) is 5.32 Å². The van der Waals surface area contributed by atoms with Crippen LogP contribution in [0.4, 0.5) is 5.69 Å². The van der Waals surface area contributed by atoms with E-state index in [0.29, 0.717) is 29.4 Å². The van der Waals surface area contributed by atoms with Crippen LogP contribution in [0.1, 0.15) is 37.0 Å². The number of nitrogen functional groups attached to an aromatic ring is 1. The van der Waals surface area contributed by atoms with Gasteiger partial charge in [0, 0.05) is 12.2 Å². The Bertz CT molecular complexity index is 382. The molecule has 1 aromatic rings. The van der Waals surface area contributed by atoms with Crippen LogP contribution < -0.4 is 16.8 Å². The number of carbonyl (C=O) groups is 1. The topological polar surface area (TPSA) is 81.1 Å². The number of halogens is 1. The van der Waals surface area contributed by atoms with Crippen molar-refractivity contribution in [3.63, 3.8) is 0 Å². The zero-order valence-corrected chi connectivity index (χ0v) is 10.5. The van der Waals surface area contributed by atoms with Crippen molar-refractivity contribution in [1.29, 1.82) is 0 Å². The lowest BCUT2D eigenvalue weighted by atomic mass is 10.2. The maximum Gasteiger partial charge on any atom is 0.252 e. The second-order valence-corrected chi connectivity index (χ2v) is 4.25. The molecular weight excluding hydrogens is 250 g/mol. The molecule has 0 aliphatic heterocycles. The van der Waals surface area contributed by atoms with E-state index >= 15 is 0 Å².